The Morgan fingerprint density at radius 3 is 2.51 bits per heavy atom. The summed E-state index contributed by atoms with van der Waals surface area (Å²) in [7, 11) is 1.51. The number of nitrogens with zero attached hydrogens (tertiary/aromatic N) is 2. The third-order valence-corrected chi connectivity index (χ3v) is 7.61. The van der Waals surface area contributed by atoms with E-state index in [0.29, 0.717) is 34.9 Å². The van der Waals surface area contributed by atoms with Crippen molar-refractivity contribution in [3.05, 3.63) is 75.8 Å². The molecule has 0 saturated carbocycles. The minimum Gasteiger partial charge on any atom is -0.507 e. The van der Waals surface area contributed by atoms with Crippen LogP contribution < -0.4 is 14.4 Å². The van der Waals surface area contributed by atoms with Crippen LogP contribution >= 0.6 is 11.3 Å². The standard InChI is InChI=1S/C31H34N2O7S/c1-6-7-15-39-22-13-11-20(12-14-22)26(34)24-25(21-9-8-10-23(16-21)38-5)33(29(36)27(24)35)31-32-19(4)28(41-31)30(37)40-17-18(2)3/h8-14,16,18,25,34H,6-7,15,17H2,1-5H3/b26-24+. The van der Waals surface area contributed by atoms with E-state index >= 15 is 0 Å². The number of amides is 1. The van der Waals surface area contributed by atoms with Gasteiger partial charge in [0.05, 0.1) is 37.6 Å². The fourth-order valence-electron chi connectivity index (χ4n) is 4.34. The highest BCUT2D eigenvalue weighted by Gasteiger charge is 2.48. The van der Waals surface area contributed by atoms with Crippen LogP contribution in [0.4, 0.5) is 5.13 Å². The number of benzene rings is 2. The van der Waals surface area contributed by atoms with Crippen LogP contribution in [0.2, 0.25) is 0 Å². The maximum atomic E-state index is 13.5. The lowest BCUT2D eigenvalue weighted by Gasteiger charge is -2.23. The van der Waals surface area contributed by atoms with E-state index in [1.807, 2.05) is 13.8 Å². The topological polar surface area (TPSA) is 115 Å². The number of aryl methyl sites for hydroxylation is 1. The average molecular weight is 579 g/mol. The Kier molecular flexibility index (Phi) is 9.44. The van der Waals surface area contributed by atoms with E-state index in [9.17, 15) is 19.5 Å². The Bertz CT molecular complexity index is 1460. The van der Waals surface area contributed by atoms with Gasteiger partial charge in [-0.2, -0.15) is 0 Å². The lowest BCUT2D eigenvalue weighted by molar-refractivity contribution is -0.132. The van der Waals surface area contributed by atoms with Crippen LogP contribution in [0.1, 0.15) is 66.1 Å². The van der Waals surface area contributed by atoms with E-state index in [4.69, 9.17) is 14.2 Å². The SMILES string of the molecule is CCCCOc1ccc(/C(O)=C2\C(=O)C(=O)N(c3nc(C)c(C(=O)OCC(C)C)s3)C2c2cccc(OC)c2)cc1. The van der Waals surface area contributed by atoms with Gasteiger partial charge in [0.2, 0.25) is 0 Å². The van der Waals surface area contributed by atoms with Crippen LogP contribution in [0.3, 0.4) is 0 Å². The molecule has 1 aromatic heterocycles. The van der Waals surface area contributed by atoms with Gasteiger partial charge in [-0.25, -0.2) is 9.78 Å². The molecule has 0 aliphatic carbocycles. The summed E-state index contributed by atoms with van der Waals surface area (Å²) in [5, 5.41) is 11.6. The van der Waals surface area contributed by atoms with Gasteiger partial charge in [-0.15, -0.1) is 0 Å². The van der Waals surface area contributed by atoms with Gasteiger partial charge in [-0.05, 0) is 61.2 Å². The highest BCUT2D eigenvalue weighted by molar-refractivity contribution is 7.17. The fraction of sp³-hybridized carbons (Fsp3) is 0.355. The molecule has 10 heteroatoms. The Balaban J connectivity index is 1.79. The maximum Gasteiger partial charge on any atom is 0.350 e. The molecule has 1 saturated heterocycles. The first-order valence-corrected chi connectivity index (χ1v) is 14.3. The second kappa shape index (κ2) is 13.0. The summed E-state index contributed by atoms with van der Waals surface area (Å²) < 4.78 is 16.5. The van der Waals surface area contributed by atoms with Crippen molar-refractivity contribution < 1.29 is 33.7 Å². The molecular formula is C31H34N2O7S. The lowest BCUT2D eigenvalue weighted by Crippen LogP contribution is -2.29. The van der Waals surface area contributed by atoms with Gasteiger partial charge in [0, 0.05) is 5.56 Å². The molecule has 1 atom stereocenters. The molecule has 4 rings (SSSR count). The van der Waals surface area contributed by atoms with Crippen molar-refractivity contribution in [1.29, 1.82) is 0 Å². The van der Waals surface area contributed by atoms with Crippen molar-refractivity contribution in [2.75, 3.05) is 25.2 Å². The normalized spacial score (nSPS) is 16.3. The van der Waals surface area contributed by atoms with Crippen LogP contribution in [-0.2, 0) is 14.3 Å². The zero-order chi connectivity index (χ0) is 29.7. The van der Waals surface area contributed by atoms with E-state index in [0.717, 1.165) is 24.2 Å². The van der Waals surface area contributed by atoms with Crippen molar-refractivity contribution in [3.63, 3.8) is 0 Å². The summed E-state index contributed by atoms with van der Waals surface area (Å²) >= 11 is 0.967. The first-order valence-electron chi connectivity index (χ1n) is 13.5. The molecular weight excluding hydrogens is 544 g/mol. The van der Waals surface area contributed by atoms with E-state index in [-0.39, 0.29) is 33.9 Å². The number of aromatic nitrogens is 1. The number of aliphatic hydroxyl groups excluding tert-OH is 1. The Morgan fingerprint density at radius 1 is 1.12 bits per heavy atom. The molecule has 41 heavy (non-hydrogen) atoms. The van der Waals surface area contributed by atoms with Crippen LogP contribution in [0, 0.1) is 12.8 Å². The van der Waals surface area contributed by atoms with Crippen molar-refractivity contribution in [1.82, 2.24) is 4.98 Å². The summed E-state index contributed by atoms with van der Waals surface area (Å²) in [6.07, 6.45) is 1.92. The Labute approximate surface area is 243 Å². The van der Waals surface area contributed by atoms with E-state index in [1.54, 1.807) is 55.5 Å². The molecule has 3 aromatic rings. The zero-order valence-corrected chi connectivity index (χ0v) is 24.6. The van der Waals surface area contributed by atoms with Gasteiger partial charge in [-0.3, -0.25) is 14.5 Å². The molecule has 9 nitrogen and oxygen atoms in total. The molecule has 1 unspecified atom stereocenters. The van der Waals surface area contributed by atoms with Crippen molar-refractivity contribution in [2.45, 2.75) is 46.6 Å². The van der Waals surface area contributed by atoms with Gasteiger partial charge in [0.1, 0.15) is 22.1 Å². The van der Waals surface area contributed by atoms with Crippen molar-refractivity contribution >= 4 is 39.9 Å². The number of carbonyl (C=O) groups is 3. The van der Waals surface area contributed by atoms with Gasteiger partial charge in [0.15, 0.2) is 5.13 Å². The van der Waals surface area contributed by atoms with Crippen LogP contribution in [0.5, 0.6) is 11.5 Å². The summed E-state index contributed by atoms with van der Waals surface area (Å²) in [6.45, 7) is 8.39. The zero-order valence-electron chi connectivity index (χ0n) is 23.8. The second-order valence-corrected chi connectivity index (χ2v) is 11.1. The molecule has 1 amide bonds. The minimum atomic E-state index is -1.02. The van der Waals surface area contributed by atoms with Crippen LogP contribution in [0.25, 0.3) is 5.76 Å². The summed E-state index contributed by atoms with van der Waals surface area (Å²) in [5.41, 5.74) is 1.16. The fourth-order valence-corrected chi connectivity index (χ4v) is 5.33. The van der Waals surface area contributed by atoms with E-state index < -0.39 is 23.7 Å². The van der Waals surface area contributed by atoms with Gasteiger partial charge < -0.3 is 19.3 Å². The number of anilines is 1. The average Bonchev–Trinajstić information content (AvgIpc) is 3.48. The molecule has 0 spiro atoms. The quantitative estimate of drug-likeness (QED) is 0.0957. The van der Waals surface area contributed by atoms with Crippen molar-refractivity contribution in [3.8, 4) is 11.5 Å². The number of ether oxygens (including phenoxy) is 3. The smallest absolute Gasteiger partial charge is 0.350 e. The second-order valence-electron chi connectivity index (χ2n) is 10.1. The predicted octanol–water partition coefficient (Wildman–Crippen LogP) is 6.08. The third-order valence-electron chi connectivity index (χ3n) is 6.47. The Morgan fingerprint density at radius 2 is 1.85 bits per heavy atom. The molecule has 1 fully saturated rings. The number of esters is 1. The maximum absolute atomic E-state index is 13.5. The largest absolute Gasteiger partial charge is 0.507 e. The number of rotatable bonds is 11. The van der Waals surface area contributed by atoms with Crippen molar-refractivity contribution in [2.24, 2.45) is 5.92 Å². The molecule has 1 aliphatic rings. The van der Waals surface area contributed by atoms with Gasteiger partial charge in [-0.1, -0.05) is 50.7 Å². The highest BCUT2D eigenvalue weighted by Crippen LogP contribution is 2.44. The van der Waals surface area contributed by atoms with Crippen LogP contribution in [0.15, 0.2) is 54.1 Å². The minimum absolute atomic E-state index is 0.0975. The number of thiazole rings is 1. The molecule has 0 bridgehead atoms. The first-order chi connectivity index (χ1) is 19.7. The summed E-state index contributed by atoms with van der Waals surface area (Å²) in [5.74, 6) is -1.32. The molecule has 216 valence electrons. The number of methoxy groups -OCH3 is 1. The third kappa shape index (κ3) is 6.43. The summed E-state index contributed by atoms with van der Waals surface area (Å²) in [6, 6.07) is 12.6. The van der Waals surface area contributed by atoms with Crippen LogP contribution in [-0.4, -0.2) is 48.1 Å². The molecule has 1 N–H and O–H groups in total. The molecule has 2 heterocycles. The lowest BCUT2D eigenvalue weighted by atomic mass is 9.95. The van der Waals surface area contributed by atoms with E-state index in [1.165, 1.54) is 12.0 Å². The number of hydrogen-bond acceptors (Lipinski definition) is 9. The van der Waals surface area contributed by atoms with Gasteiger partial charge >= 0.3 is 11.9 Å². The number of unbranched alkanes of at least 4 members (excludes halogenated alkanes) is 1. The molecule has 2 aromatic carbocycles. The molecule has 1 aliphatic heterocycles. The first kappa shape index (κ1) is 29.8. The predicted molar refractivity (Wildman–Crippen MR) is 157 cm³/mol. The monoisotopic (exact) mass is 578 g/mol. The van der Waals surface area contributed by atoms with Gasteiger partial charge in [0.25, 0.3) is 5.78 Å². The number of ketones is 1. The number of aliphatic hydroxyl groups is 1. The Hall–Kier alpha value is -4.18. The summed E-state index contributed by atoms with van der Waals surface area (Å²) in [4.78, 5) is 45.7. The number of Topliss-reactive ketones (excluding diaryl/α,β-unsaturated/α-hetero) is 1. The molecule has 0 radical (unpaired) electrons. The highest BCUT2D eigenvalue weighted by atomic mass is 32.1. The number of carbonyl (C=O) groups excluding carboxylic acids is 3. The van der Waals surface area contributed by atoms with E-state index in [2.05, 4.69) is 11.9 Å². The number of hydrogen-bond donors (Lipinski definition) is 1.